The molecule has 0 radical (unpaired) electrons. The van der Waals surface area contributed by atoms with Crippen molar-refractivity contribution in [1.82, 2.24) is 14.9 Å². The summed E-state index contributed by atoms with van der Waals surface area (Å²) in [7, 11) is 0. The van der Waals surface area contributed by atoms with Gasteiger partial charge in [-0.05, 0) is 23.3 Å². The van der Waals surface area contributed by atoms with Gasteiger partial charge in [0.25, 0.3) is 0 Å². The van der Waals surface area contributed by atoms with Crippen molar-refractivity contribution in [3.63, 3.8) is 0 Å². The van der Waals surface area contributed by atoms with E-state index in [4.69, 9.17) is 9.26 Å². The normalized spacial score (nSPS) is 14.4. The van der Waals surface area contributed by atoms with E-state index < -0.39 is 0 Å². The van der Waals surface area contributed by atoms with Gasteiger partial charge in [0.1, 0.15) is 17.3 Å². The molecule has 1 aromatic carbocycles. The van der Waals surface area contributed by atoms with Crippen LogP contribution in [0, 0.1) is 5.82 Å². The number of nitrogens with zero attached hydrogens (tertiary/aromatic N) is 3. The average molecular weight is 341 g/mol. The summed E-state index contributed by atoms with van der Waals surface area (Å²) in [6.45, 7) is 1.66. The van der Waals surface area contributed by atoms with Gasteiger partial charge in [-0.15, -0.1) is 0 Å². The van der Waals surface area contributed by atoms with Gasteiger partial charge in [0.15, 0.2) is 5.78 Å². The van der Waals surface area contributed by atoms with Gasteiger partial charge in [-0.3, -0.25) is 9.48 Å². The summed E-state index contributed by atoms with van der Waals surface area (Å²) in [6.07, 6.45) is 3.61. The van der Waals surface area contributed by atoms with Crippen LogP contribution in [0.5, 0.6) is 0 Å². The number of rotatable bonds is 6. The van der Waals surface area contributed by atoms with Crippen molar-refractivity contribution in [1.29, 1.82) is 0 Å². The summed E-state index contributed by atoms with van der Waals surface area (Å²) >= 11 is 0. The van der Waals surface area contributed by atoms with Crippen molar-refractivity contribution in [3.05, 3.63) is 71.1 Å². The number of benzene rings is 1. The van der Waals surface area contributed by atoms with Gasteiger partial charge in [0, 0.05) is 18.7 Å². The van der Waals surface area contributed by atoms with E-state index in [2.05, 4.69) is 10.3 Å². The molecule has 0 unspecified atom stereocenters. The average Bonchev–Trinajstić information content (AvgIpc) is 3.16. The fourth-order valence-electron chi connectivity index (χ4n) is 2.70. The predicted molar refractivity (Wildman–Crippen MR) is 85.8 cm³/mol. The summed E-state index contributed by atoms with van der Waals surface area (Å²) in [5, 5.41) is 8.08. The van der Waals surface area contributed by atoms with E-state index in [1.807, 2.05) is 6.07 Å². The highest BCUT2D eigenvalue weighted by Gasteiger charge is 2.26. The summed E-state index contributed by atoms with van der Waals surface area (Å²) < 4.78 is 25.2. The highest BCUT2D eigenvalue weighted by Crippen LogP contribution is 2.24. The fourth-order valence-corrected chi connectivity index (χ4v) is 2.70. The summed E-state index contributed by atoms with van der Waals surface area (Å²) in [6, 6.07) is 8.05. The smallest absolute Gasteiger partial charge is 0.189 e. The Morgan fingerprint density at radius 2 is 2.16 bits per heavy atom. The number of ether oxygens (including phenoxy) is 1. The van der Waals surface area contributed by atoms with Gasteiger partial charge in [-0.1, -0.05) is 17.3 Å². The van der Waals surface area contributed by atoms with Crippen LogP contribution in [0.2, 0.25) is 0 Å². The van der Waals surface area contributed by atoms with E-state index in [1.165, 1.54) is 12.1 Å². The van der Waals surface area contributed by atoms with E-state index in [9.17, 15) is 9.18 Å². The lowest BCUT2D eigenvalue weighted by atomic mass is 10.0. The highest BCUT2D eigenvalue weighted by atomic mass is 19.1. The molecule has 7 heteroatoms. The van der Waals surface area contributed by atoms with Crippen LogP contribution in [-0.2, 0) is 17.7 Å². The molecule has 1 aliphatic rings. The monoisotopic (exact) mass is 341 g/mol. The minimum atomic E-state index is -0.279. The van der Waals surface area contributed by atoms with Gasteiger partial charge < -0.3 is 9.26 Å². The lowest BCUT2D eigenvalue weighted by molar-refractivity contribution is -0.00228. The maximum Gasteiger partial charge on any atom is 0.189 e. The molecule has 0 saturated carbocycles. The Kier molecular flexibility index (Phi) is 4.15. The first-order valence-electron chi connectivity index (χ1n) is 8.01. The summed E-state index contributed by atoms with van der Waals surface area (Å²) in [5.74, 6) is 0.485. The Balaban J connectivity index is 1.40. The lowest BCUT2D eigenvalue weighted by Crippen LogP contribution is -2.24. The molecule has 0 amide bonds. The number of hydrogen-bond acceptors (Lipinski definition) is 5. The van der Waals surface area contributed by atoms with E-state index in [-0.39, 0.29) is 23.9 Å². The van der Waals surface area contributed by atoms with Crippen LogP contribution < -0.4 is 0 Å². The number of carbonyl (C=O) groups excluding carboxylic acids is 1. The zero-order valence-corrected chi connectivity index (χ0v) is 13.4. The first-order valence-corrected chi connectivity index (χ1v) is 8.01. The Bertz CT molecular complexity index is 898. The number of ketones is 1. The number of hydrogen-bond donors (Lipinski definition) is 0. The molecule has 0 bridgehead atoms. The Morgan fingerprint density at radius 3 is 2.92 bits per heavy atom. The summed E-state index contributed by atoms with van der Waals surface area (Å²) in [5.41, 5.74) is 1.91. The largest absolute Gasteiger partial charge is 0.380 e. The van der Waals surface area contributed by atoms with Crippen molar-refractivity contribution >= 4 is 5.78 Å². The molecule has 1 fully saturated rings. The van der Waals surface area contributed by atoms with Crippen molar-refractivity contribution in [2.24, 2.45) is 0 Å². The maximum atomic E-state index is 13.2. The fraction of sp³-hybridized carbons (Fsp3) is 0.278. The Labute approximate surface area is 143 Å². The van der Waals surface area contributed by atoms with E-state index in [0.29, 0.717) is 31.2 Å². The summed E-state index contributed by atoms with van der Waals surface area (Å²) in [4.78, 5) is 12.3. The molecule has 3 aromatic rings. The van der Waals surface area contributed by atoms with Crippen molar-refractivity contribution in [2.45, 2.75) is 18.9 Å². The quantitative estimate of drug-likeness (QED) is 0.645. The van der Waals surface area contributed by atoms with Gasteiger partial charge in [-0.2, -0.15) is 5.10 Å². The van der Waals surface area contributed by atoms with Crippen molar-refractivity contribution in [3.8, 4) is 0 Å². The standard InChI is InChI=1S/C18H16FN3O3/c19-15-3-1-2-12(4-15)8-22-9-13(7-20-22)5-17(23)16-6-18(25-21-16)14-10-24-11-14/h1-4,6-7,9,14H,5,8,10-11H2. The second kappa shape index (κ2) is 6.60. The van der Waals surface area contributed by atoms with Gasteiger partial charge in [-0.25, -0.2) is 4.39 Å². The molecule has 128 valence electrons. The van der Waals surface area contributed by atoms with E-state index in [0.717, 1.165) is 11.1 Å². The van der Waals surface area contributed by atoms with Crippen LogP contribution in [-0.4, -0.2) is 33.9 Å². The van der Waals surface area contributed by atoms with Crippen LogP contribution >= 0.6 is 0 Å². The van der Waals surface area contributed by atoms with Crippen molar-refractivity contribution in [2.75, 3.05) is 13.2 Å². The number of halogens is 1. The molecular weight excluding hydrogens is 325 g/mol. The Hall–Kier alpha value is -2.80. The molecule has 2 aromatic heterocycles. The molecule has 0 atom stereocenters. The Morgan fingerprint density at radius 1 is 1.28 bits per heavy atom. The second-order valence-electron chi connectivity index (χ2n) is 6.12. The zero-order valence-electron chi connectivity index (χ0n) is 13.4. The van der Waals surface area contributed by atoms with Gasteiger partial charge in [0.05, 0.1) is 31.9 Å². The van der Waals surface area contributed by atoms with Gasteiger partial charge >= 0.3 is 0 Å². The third-order valence-corrected chi connectivity index (χ3v) is 4.14. The first kappa shape index (κ1) is 15.7. The van der Waals surface area contributed by atoms with E-state index in [1.54, 1.807) is 29.2 Å². The molecule has 0 spiro atoms. The molecule has 3 heterocycles. The van der Waals surface area contributed by atoms with Crippen LogP contribution in [0.4, 0.5) is 4.39 Å². The van der Waals surface area contributed by atoms with E-state index >= 15 is 0 Å². The molecule has 6 nitrogen and oxygen atoms in total. The second-order valence-corrected chi connectivity index (χ2v) is 6.12. The third-order valence-electron chi connectivity index (χ3n) is 4.14. The highest BCUT2D eigenvalue weighted by molar-refractivity contribution is 5.95. The lowest BCUT2D eigenvalue weighted by Gasteiger charge is -2.22. The molecular formula is C18H16FN3O3. The molecule has 0 aliphatic carbocycles. The molecule has 1 saturated heterocycles. The SMILES string of the molecule is O=C(Cc1cnn(Cc2cccc(F)c2)c1)c1cc(C2COC2)on1. The maximum absolute atomic E-state index is 13.2. The van der Waals surface area contributed by atoms with Gasteiger partial charge in [0.2, 0.25) is 0 Å². The number of carbonyl (C=O) groups is 1. The first-order chi connectivity index (χ1) is 12.2. The van der Waals surface area contributed by atoms with Crippen molar-refractivity contribution < 1.29 is 18.4 Å². The van der Waals surface area contributed by atoms with Crippen LogP contribution in [0.15, 0.2) is 47.2 Å². The molecule has 1 aliphatic heterocycles. The third kappa shape index (κ3) is 3.51. The zero-order chi connectivity index (χ0) is 17.2. The predicted octanol–water partition coefficient (Wildman–Crippen LogP) is 2.60. The number of Topliss-reactive ketones (excluding diaryl/α,β-unsaturated/α-hetero) is 1. The molecule has 25 heavy (non-hydrogen) atoms. The molecule has 0 N–H and O–H groups in total. The minimum absolute atomic E-state index is 0.124. The van der Waals surface area contributed by atoms with Crippen LogP contribution in [0.3, 0.4) is 0 Å². The minimum Gasteiger partial charge on any atom is -0.380 e. The van der Waals surface area contributed by atoms with Crippen LogP contribution in [0.1, 0.15) is 33.3 Å². The topological polar surface area (TPSA) is 70.2 Å². The molecule has 4 rings (SSSR count). The van der Waals surface area contributed by atoms with Crippen LogP contribution in [0.25, 0.3) is 0 Å². The number of aromatic nitrogens is 3.